The summed E-state index contributed by atoms with van der Waals surface area (Å²) in [6, 6.07) is 5.78. The topological polar surface area (TPSA) is 52.3 Å². The third-order valence-corrected chi connectivity index (χ3v) is 3.16. The molecule has 0 spiro atoms. The summed E-state index contributed by atoms with van der Waals surface area (Å²) < 4.78 is 5.26. The van der Waals surface area contributed by atoms with Gasteiger partial charge in [0, 0.05) is 6.42 Å². The molecule has 0 aliphatic carbocycles. The zero-order valence-corrected chi connectivity index (χ0v) is 11.7. The Morgan fingerprint density at radius 1 is 1.39 bits per heavy atom. The molecule has 100 valence electrons. The lowest BCUT2D eigenvalue weighted by molar-refractivity contribution is 0.0931. The first-order chi connectivity index (χ1) is 8.43. The number of methoxy groups -OCH3 is 1. The van der Waals surface area contributed by atoms with E-state index in [2.05, 4.69) is 6.92 Å². The maximum atomic E-state index is 12.3. The van der Waals surface area contributed by atoms with Crippen LogP contribution in [0.15, 0.2) is 18.2 Å². The number of aryl methyl sites for hydroxylation is 1. The molecule has 0 aliphatic heterocycles. The van der Waals surface area contributed by atoms with Crippen molar-refractivity contribution in [1.82, 2.24) is 0 Å². The minimum atomic E-state index is -0.176. The lowest BCUT2D eigenvalue weighted by Gasteiger charge is -2.21. The summed E-state index contributed by atoms with van der Waals surface area (Å²) in [5.41, 5.74) is 7.31. The molecule has 0 heterocycles. The maximum absolute atomic E-state index is 12.3. The van der Waals surface area contributed by atoms with Gasteiger partial charge in [-0.15, -0.1) is 0 Å². The monoisotopic (exact) mass is 249 g/mol. The van der Waals surface area contributed by atoms with Crippen molar-refractivity contribution < 1.29 is 9.53 Å². The van der Waals surface area contributed by atoms with Crippen LogP contribution in [0.3, 0.4) is 0 Å². The smallest absolute Gasteiger partial charge is 0.167 e. The largest absolute Gasteiger partial charge is 0.496 e. The van der Waals surface area contributed by atoms with Gasteiger partial charge >= 0.3 is 0 Å². The van der Waals surface area contributed by atoms with E-state index in [4.69, 9.17) is 10.5 Å². The van der Waals surface area contributed by atoms with Crippen molar-refractivity contribution in [1.29, 1.82) is 0 Å². The third kappa shape index (κ3) is 3.57. The van der Waals surface area contributed by atoms with Gasteiger partial charge in [0.05, 0.1) is 12.7 Å². The van der Waals surface area contributed by atoms with E-state index in [1.54, 1.807) is 7.11 Å². The van der Waals surface area contributed by atoms with Crippen molar-refractivity contribution in [3.8, 4) is 5.75 Å². The molecule has 3 nitrogen and oxygen atoms in total. The van der Waals surface area contributed by atoms with Crippen LogP contribution in [0.25, 0.3) is 0 Å². The van der Waals surface area contributed by atoms with Crippen LogP contribution in [-0.2, 0) is 6.42 Å². The van der Waals surface area contributed by atoms with E-state index in [9.17, 15) is 4.79 Å². The minimum Gasteiger partial charge on any atom is -0.496 e. The molecule has 0 saturated heterocycles. The summed E-state index contributed by atoms with van der Waals surface area (Å²) >= 11 is 0. The van der Waals surface area contributed by atoms with Gasteiger partial charge in [-0.3, -0.25) is 4.79 Å². The molecule has 0 amide bonds. The predicted octanol–water partition coefficient (Wildman–Crippen LogP) is 2.82. The Morgan fingerprint density at radius 2 is 2.06 bits per heavy atom. The van der Waals surface area contributed by atoms with Crippen molar-refractivity contribution in [2.45, 2.75) is 33.6 Å². The first-order valence-corrected chi connectivity index (χ1v) is 6.33. The number of benzene rings is 1. The van der Waals surface area contributed by atoms with Crippen LogP contribution in [0.2, 0.25) is 0 Å². The third-order valence-electron chi connectivity index (χ3n) is 3.16. The fourth-order valence-electron chi connectivity index (χ4n) is 1.79. The van der Waals surface area contributed by atoms with E-state index < -0.39 is 0 Å². The highest BCUT2D eigenvalue weighted by molar-refractivity contribution is 5.99. The molecule has 18 heavy (non-hydrogen) atoms. The predicted molar refractivity (Wildman–Crippen MR) is 74.2 cm³/mol. The molecule has 0 atom stereocenters. The second kappa shape index (κ2) is 6.01. The van der Waals surface area contributed by atoms with E-state index in [0.29, 0.717) is 24.3 Å². The van der Waals surface area contributed by atoms with Gasteiger partial charge in [0.1, 0.15) is 5.75 Å². The normalized spacial score (nSPS) is 11.4. The first-order valence-electron chi connectivity index (χ1n) is 6.33. The van der Waals surface area contributed by atoms with Gasteiger partial charge in [0.2, 0.25) is 0 Å². The number of rotatable bonds is 6. The van der Waals surface area contributed by atoms with Crippen molar-refractivity contribution in [2.24, 2.45) is 11.1 Å². The first kappa shape index (κ1) is 14.7. The molecule has 0 unspecified atom stereocenters. The van der Waals surface area contributed by atoms with Crippen molar-refractivity contribution in [3.05, 3.63) is 29.3 Å². The van der Waals surface area contributed by atoms with Crippen LogP contribution in [0.1, 0.15) is 43.1 Å². The zero-order valence-electron chi connectivity index (χ0n) is 11.7. The Balaban J connectivity index is 3.03. The molecular formula is C15H23NO2. The number of ketones is 1. The Morgan fingerprint density at radius 3 is 2.56 bits per heavy atom. The molecule has 0 saturated carbocycles. The number of carbonyl (C=O) groups is 1. The van der Waals surface area contributed by atoms with E-state index in [0.717, 1.165) is 12.0 Å². The van der Waals surface area contributed by atoms with Crippen molar-refractivity contribution in [2.75, 3.05) is 13.7 Å². The number of hydrogen-bond acceptors (Lipinski definition) is 3. The van der Waals surface area contributed by atoms with Gasteiger partial charge in [-0.1, -0.05) is 26.8 Å². The average molecular weight is 249 g/mol. The van der Waals surface area contributed by atoms with Crippen molar-refractivity contribution >= 4 is 5.78 Å². The molecule has 0 radical (unpaired) electrons. The van der Waals surface area contributed by atoms with Crippen LogP contribution in [0.4, 0.5) is 0 Å². The van der Waals surface area contributed by atoms with E-state index in [1.807, 2.05) is 32.0 Å². The second-order valence-electron chi connectivity index (χ2n) is 5.36. The van der Waals surface area contributed by atoms with E-state index in [1.165, 1.54) is 0 Å². The Labute approximate surface area is 109 Å². The van der Waals surface area contributed by atoms with E-state index >= 15 is 0 Å². The van der Waals surface area contributed by atoms with Gasteiger partial charge in [-0.2, -0.15) is 0 Å². The summed E-state index contributed by atoms with van der Waals surface area (Å²) in [4.78, 5) is 12.3. The Kier molecular flexibility index (Phi) is 4.91. The fraction of sp³-hybridized carbons (Fsp3) is 0.533. The van der Waals surface area contributed by atoms with Crippen LogP contribution in [0, 0.1) is 5.41 Å². The molecule has 2 N–H and O–H groups in total. The molecule has 0 bridgehead atoms. The summed E-state index contributed by atoms with van der Waals surface area (Å²) in [6.45, 7) is 6.57. The number of Topliss-reactive ketones (excluding diaryl/α,β-unsaturated/α-hetero) is 1. The van der Waals surface area contributed by atoms with Gasteiger partial charge in [0.25, 0.3) is 0 Å². The summed E-state index contributed by atoms with van der Waals surface area (Å²) in [7, 11) is 1.59. The molecule has 1 aromatic rings. The maximum Gasteiger partial charge on any atom is 0.167 e. The van der Waals surface area contributed by atoms with Crippen LogP contribution < -0.4 is 10.5 Å². The number of carbonyl (C=O) groups excluding carboxylic acids is 1. The summed E-state index contributed by atoms with van der Waals surface area (Å²) in [5.74, 6) is 0.739. The Hall–Kier alpha value is -1.35. The highest BCUT2D eigenvalue weighted by atomic mass is 16.5. The highest BCUT2D eigenvalue weighted by Crippen LogP contribution is 2.27. The summed E-state index contributed by atoms with van der Waals surface area (Å²) in [6.07, 6.45) is 1.34. The molecule has 0 aliphatic rings. The lowest BCUT2D eigenvalue weighted by atomic mass is 9.85. The highest BCUT2D eigenvalue weighted by Gasteiger charge is 2.23. The number of nitrogens with two attached hydrogens (primary N) is 1. The summed E-state index contributed by atoms with van der Waals surface area (Å²) in [5, 5.41) is 0. The lowest BCUT2D eigenvalue weighted by Crippen LogP contribution is -2.26. The fourth-order valence-corrected chi connectivity index (χ4v) is 1.79. The van der Waals surface area contributed by atoms with Gasteiger partial charge in [-0.25, -0.2) is 0 Å². The van der Waals surface area contributed by atoms with Crippen LogP contribution in [-0.4, -0.2) is 19.4 Å². The quantitative estimate of drug-likeness (QED) is 0.789. The van der Waals surface area contributed by atoms with Gasteiger partial charge in [-0.05, 0) is 36.1 Å². The Bertz CT molecular complexity index is 425. The molecule has 3 heteroatoms. The molecule has 0 fully saturated rings. The molecule has 1 rings (SSSR count). The molecular weight excluding hydrogens is 226 g/mol. The zero-order chi connectivity index (χ0) is 13.8. The standard InChI is InChI=1S/C15H23NO2/c1-5-11-6-7-14(18-4)12(8-11)13(17)9-15(2,3)10-16/h6-8H,5,9-10,16H2,1-4H3. The number of hydrogen-bond donors (Lipinski definition) is 1. The van der Waals surface area contributed by atoms with Crippen molar-refractivity contribution in [3.63, 3.8) is 0 Å². The second-order valence-corrected chi connectivity index (χ2v) is 5.36. The van der Waals surface area contributed by atoms with Crippen LogP contribution >= 0.6 is 0 Å². The minimum absolute atomic E-state index is 0.0950. The van der Waals surface area contributed by atoms with Crippen LogP contribution in [0.5, 0.6) is 5.75 Å². The average Bonchev–Trinajstić information content (AvgIpc) is 2.37. The van der Waals surface area contributed by atoms with Gasteiger partial charge < -0.3 is 10.5 Å². The van der Waals surface area contributed by atoms with E-state index in [-0.39, 0.29) is 11.2 Å². The number of ether oxygens (including phenoxy) is 1. The van der Waals surface area contributed by atoms with Gasteiger partial charge in [0.15, 0.2) is 5.78 Å². The SMILES string of the molecule is CCc1ccc(OC)c(C(=O)CC(C)(C)CN)c1. The molecule has 0 aromatic heterocycles. The molecule has 1 aromatic carbocycles.